The fourth-order valence-corrected chi connectivity index (χ4v) is 10.1. The van der Waals surface area contributed by atoms with Gasteiger partial charge in [0.1, 0.15) is 12.1 Å². The lowest BCUT2D eigenvalue weighted by Crippen LogP contribution is -2.66. The molecule has 1 heterocycles. The summed E-state index contributed by atoms with van der Waals surface area (Å²) < 4.78 is 9.20. The summed E-state index contributed by atoms with van der Waals surface area (Å²) in [5, 5.41) is 11.6. The molecule has 4 rings (SSSR count). The van der Waals surface area contributed by atoms with Crippen molar-refractivity contribution in [2.45, 2.75) is 70.4 Å². The van der Waals surface area contributed by atoms with Crippen molar-refractivity contribution in [1.82, 2.24) is 14.8 Å². The first kappa shape index (κ1) is 24.5. The van der Waals surface area contributed by atoms with Crippen LogP contribution in [0.15, 0.2) is 60.7 Å². The summed E-state index contributed by atoms with van der Waals surface area (Å²) in [4.78, 5) is 10.9. The first-order valence-electron chi connectivity index (χ1n) is 12.4. The molecule has 0 bridgehead atoms. The highest BCUT2D eigenvalue weighted by Crippen LogP contribution is 2.38. The van der Waals surface area contributed by atoms with Crippen LogP contribution in [0.2, 0.25) is 5.04 Å². The van der Waals surface area contributed by atoms with Gasteiger partial charge in [-0.1, -0.05) is 81.4 Å². The van der Waals surface area contributed by atoms with Crippen LogP contribution >= 0.6 is 0 Å². The zero-order valence-corrected chi connectivity index (χ0v) is 21.9. The molecule has 2 aromatic carbocycles. The Labute approximate surface area is 204 Å². The van der Waals surface area contributed by atoms with Gasteiger partial charge in [-0.25, -0.2) is 0 Å². The number of aromatic nitrogens is 3. The monoisotopic (exact) mass is 475 g/mol. The third-order valence-corrected chi connectivity index (χ3v) is 12.5. The number of carbonyl (C=O) groups excluding carboxylic acids is 1. The Bertz CT molecular complexity index is 1030. The zero-order valence-electron chi connectivity index (χ0n) is 20.9. The lowest BCUT2D eigenvalue weighted by molar-refractivity contribution is -0.108. The largest absolute Gasteiger partial charge is 0.400 e. The van der Waals surface area contributed by atoms with E-state index in [4.69, 9.17) is 4.43 Å². The highest BCUT2D eigenvalue weighted by atomic mass is 28.4. The van der Waals surface area contributed by atoms with E-state index in [9.17, 15) is 4.79 Å². The number of benzene rings is 2. The molecule has 0 unspecified atom stereocenters. The van der Waals surface area contributed by atoms with Crippen molar-refractivity contribution in [1.29, 1.82) is 0 Å². The summed E-state index contributed by atoms with van der Waals surface area (Å²) in [5.74, 6) is 2.85. The SMILES string of the molecule is Cn1c(CO[Si](c2ccccc2)(c2ccccc2)C(C)(C)C)nnc1[C@H]1CC[C@H](CC=O)CC1. The zero-order chi connectivity index (χ0) is 24.2. The molecule has 0 spiro atoms. The fraction of sp³-hybridized carbons (Fsp3) is 0.464. The van der Waals surface area contributed by atoms with Gasteiger partial charge in [0.15, 0.2) is 5.82 Å². The molecule has 34 heavy (non-hydrogen) atoms. The Balaban J connectivity index is 1.62. The summed E-state index contributed by atoms with van der Waals surface area (Å²) in [7, 11) is -0.551. The maximum atomic E-state index is 10.9. The summed E-state index contributed by atoms with van der Waals surface area (Å²) in [6.45, 7) is 7.30. The standard InChI is InChI=1S/C28H37N3O2Si/c1-28(2,3)34(24-11-7-5-8-12-24,25-13-9-6-10-14-25)33-21-26-29-30-27(31(26)4)23-17-15-22(16-18-23)19-20-32/h5-14,20,22-23H,15-19,21H2,1-4H3/t22-,23-. The van der Waals surface area contributed by atoms with Gasteiger partial charge >= 0.3 is 0 Å². The van der Waals surface area contributed by atoms with Crippen LogP contribution in [-0.4, -0.2) is 29.4 Å². The molecule has 1 aliphatic carbocycles. The van der Waals surface area contributed by atoms with E-state index in [0.29, 0.717) is 24.9 Å². The van der Waals surface area contributed by atoms with Crippen LogP contribution in [0.25, 0.3) is 0 Å². The maximum absolute atomic E-state index is 10.9. The average Bonchev–Trinajstić information content (AvgIpc) is 3.21. The Hall–Kier alpha value is -2.57. The van der Waals surface area contributed by atoms with Gasteiger partial charge in [0, 0.05) is 19.4 Å². The number of nitrogens with zero attached hydrogens (tertiary/aromatic N) is 3. The average molecular weight is 476 g/mol. The van der Waals surface area contributed by atoms with Crippen molar-refractivity contribution in [2.75, 3.05) is 0 Å². The third kappa shape index (κ3) is 4.79. The molecule has 0 amide bonds. The number of hydrogen-bond donors (Lipinski definition) is 0. The van der Waals surface area contributed by atoms with Crippen LogP contribution in [-0.2, 0) is 22.9 Å². The molecule has 1 aromatic heterocycles. The van der Waals surface area contributed by atoms with E-state index >= 15 is 0 Å². The number of aldehydes is 1. The summed E-state index contributed by atoms with van der Waals surface area (Å²) in [6, 6.07) is 21.4. The molecule has 0 N–H and O–H groups in total. The Morgan fingerprint density at radius 2 is 1.50 bits per heavy atom. The van der Waals surface area contributed by atoms with Crippen molar-refractivity contribution < 1.29 is 9.22 Å². The lowest BCUT2D eigenvalue weighted by atomic mass is 9.80. The van der Waals surface area contributed by atoms with Crippen LogP contribution in [0.4, 0.5) is 0 Å². The van der Waals surface area contributed by atoms with Gasteiger partial charge in [-0.3, -0.25) is 0 Å². The molecule has 1 aliphatic rings. The van der Waals surface area contributed by atoms with Crippen molar-refractivity contribution in [3.63, 3.8) is 0 Å². The van der Waals surface area contributed by atoms with Gasteiger partial charge in [0.25, 0.3) is 8.32 Å². The van der Waals surface area contributed by atoms with E-state index in [0.717, 1.165) is 43.6 Å². The predicted molar refractivity (Wildman–Crippen MR) is 139 cm³/mol. The highest BCUT2D eigenvalue weighted by molar-refractivity contribution is 6.99. The van der Waals surface area contributed by atoms with Crippen molar-refractivity contribution in [2.24, 2.45) is 13.0 Å². The predicted octanol–water partition coefficient (Wildman–Crippen LogP) is 4.75. The minimum Gasteiger partial charge on any atom is -0.400 e. The van der Waals surface area contributed by atoms with E-state index in [-0.39, 0.29) is 5.04 Å². The molecule has 1 fully saturated rings. The number of hydrogen-bond acceptors (Lipinski definition) is 4. The molecule has 0 atom stereocenters. The minimum absolute atomic E-state index is 0.0753. The summed E-state index contributed by atoms with van der Waals surface area (Å²) >= 11 is 0. The Kier molecular flexibility index (Phi) is 7.48. The van der Waals surface area contributed by atoms with Crippen LogP contribution in [0.3, 0.4) is 0 Å². The quantitative estimate of drug-likeness (QED) is 0.348. The number of carbonyl (C=O) groups is 1. The Morgan fingerprint density at radius 1 is 0.941 bits per heavy atom. The molecule has 0 saturated heterocycles. The maximum Gasteiger partial charge on any atom is 0.261 e. The minimum atomic E-state index is -2.62. The molecule has 0 radical (unpaired) electrons. The molecular formula is C28H37N3O2Si. The van der Waals surface area contributed by atoms with Gasteiger partial charge in [0.2, 0.25) is 0 Å². The topological polar surface area (TPSA) is 57.0 Å². The van der Waals surface area contributed by atoms with Crippen LogP contribution in [0, 0.1) is 5.92 Å². The van der Waals surface area contributed by atoms with Gasteiger partial charge < -0.3 is 13.8 Å². The second kappa shape index (κ2) is 10.4. The van der Waals surface area contributed by atoms with Crippen molar-refractivity contribution in [3.8, 4) is 0 Å². The fourth-order valence-electron chi connectivity index (χ4n) is 5.58. The first-order chi connectivity index (χ1) is 16.4. The van der Waals surface area contributed by atoms with Crippen LogP contribution in [0.5, 0.6) is 0 Å². The highest BCUT2D eigenvalue weighted by Gasteiger charge is 2.50. The molecular weight excluding hydrogens is 438 g/mol. The molecule has 6 heteroatoms. The molecule has 1 saturated carbocycles. The summed E-state index contributed by atoms with van der Waals surface area (Å²) in [6.07, 6.45) is 6.06. The van der Waals surface area contributed by atoms with E-state index in [1.54, 1.807) is 0 Å². The van der Waals surface area contributed by atoms with E-state index in [1.807, 2.05) is 0 Å². The van der Waals surface area contributed by atoms with Gasteiger partial charge in [0.05, 0.1) is 6.61 Å². The van der Waals surface area contributed by atoms with E-state index in [1.165, 1.54) is 10.4 Å². The second-order valence-corrected chi connectivity index (χ2v) is 14.9. The number of rotatable bonds is 8. The smallest absolute Gasteiger partial charge is 0.261 e. The van der Waals surface area contributed by atoms with Crippen LogP contribution < -0.4 is 10.4 Å². The molecule has 3 aromatic rings. The van der Waals surface area contributed by atoms with Crippen LogP contribution in [0.1, 0.15) is 70.4 Å². The lowest BCUT2D eigenvalue weighted by Gasteiger charge is -2.42. The normalized spacial score (nSPS) is 19.2. The first-order valence-corrected chi connectivity index (χ1v) is 14.3. The van der Waals surface area contributed by atoms with E-state index < -0.39 is 8.32 Å². The third-order valence-electron chi connectivity index (χ3n) is 7.47. The van der Waals surface area contributed by atoms with Crippen molar-refractivity contribution >= 4 is 25.0 Å². The van der Waals surface area contributed by atoms with Gasteiger partial charge in [-0.15, -0.1) is 10.2 Å². The molecule has 0 aliphatic heterocycles. The molecule has 180 valence electrons. The molecule has 5 nitrogen and oxygen atoms in total. The van der Waals surface area contributed by atoms with Crippen molar-refractivity contribution in [3.05, 3.63) is 72.3 Å². The second-order valence-electron chi connectivity index (χ2n) is 10.6. The van der Waals surface area contributed by atoms with E-state index in [2.05, 4.69) is 103 Å². The van der Waals surface area contributed by atoms with Gasteiger partial charge in [-0.05, 0) is 47.0 Å². The Morgan fingerprint density at radius 3 is 2.00 bits per heavy atom. The summed E-state index contributed by atoms with van der Waals surface area (Å²) in [5.41, 5.74) is 0. The van der Waals surface area contributed by atoms with Gasteiger partial charge in [-0.2, -0.15) is 0 Å².